The number of ether oxygens (including phenoxy) is 2. The molecule has 0 saturated heterocycles. The monoisotopic (exact) mass is 414 g/mol. The van der Waals surface area contributed by atoms with E-state index < -0.39 is 0 Å². The molecule has 0 spiro atoms. The number of hydrogen-bond acceptors (Lipinski definition) is 8. The fourth-order valence-electron chi connectivity index (χ4n) is 1.58. The number of aliphatic imine (C=N–C) groups is 2. The number of amidine groups is 2. The Morgan fingerprint density at radius 1 is 1.08 bits per heavy atom. The average Bonchev–Trinajstić information content (AvgIpc) is 3.04. The van der Waals surface area contributed by atoms with Crippen molar-refractivity contribution < 1.29 is 29.0 Å². The first-order chi connectivity index (χ1) is 11.1. The van der Waals surface area contributed by atoms with E-state index >= 15 is 0 Å². The van der Waals surface area contributed by atoms with E-state index in [1.54, 1.807) is 26.2 Å². The Morgan fingerprint density at radius 2 is 1.75 bits per heavy atom. The number of hydrazone groups is 2. The normalized spacial score (nSPS) is 14.5. The van der Waals surface area contributed by atoms with Crippen LogP contribution in [0.3, 0.4) is 0 Å². The minimum absolute atomic E-state index is 0. The maximum absolute atomic E-state index is 5.36. The van der Waals surface area contributed by atoms with Gasteiger partial charge in [0.2, 0.25) is 6.79 Å². The van der Waals surface area contributed by atoms with E-state index in [4.69, 9.17) is 34.7 Å². The molecule has 0 unspecified atom stereocenters. The molecular formula is C13H14N6O2S2Zn. The molecule has 0 bridgehead atoms. The molecule has 11 heteroatoms. The van der Waals surface area contributed by atoms with Crippen LogP contribution in [0.4, 0.5) is 0 Å². The Labute approximate surface area is 163 Å². The summed E-state index contributed by atoms with van der Waals surface area (Å²) >= 11 is 9.84. The third kappa shape index (κ3) is 5.66. The number of hydrogen-bond donors (Lipinski definition) is 2. The van der Waals surface area contributed by atoms with Crippen LogP contribution >= 0.6 is 0 Å². The van der Waals surface area contributed by atoms with Gasteiger partial charge in [-0.2, -0.15) is 10.2 Å². The van der Waals surface area contributed by atoms with Crippen molar-refractivity contribution in [2.45, 2.75) is 0 Å². The van der Waals surface area contributed by atoms with Gasteiger partial charge in [0.1, 0.15) is 5.71 Å². The van der Waals surface area contributed by atoms with E-state index in [0.717, 1.165) is 5.56 Å². The van der Waals surface area contributed by atoms with E-state index in [2.05, 4.69) is 31.0 Å². The summed E-state index contributed by atoms with van der Waals surface area (Å²) in [6.07, 6.45) is 1.49. The van der Waals surface area contributed by atoms with Crippen molar-refractivity contribution in [1.82, 2.24) is 10.9 Å². The SMILES string of the molecule is CN=C([S-])N/N=C/C(=N/NC([S-])=NC)c1ccc2c(c1)OCO2.[Zn+2]. The molecule has 0 aromatic heterocycles. The van der Waals surface area contributed by atoms with Gasteiger partial charge in [-0.3, -0.25) is 20.8 Å². The number of rotatable bonds is 4. The Morgan fingerprint density at radius 3 is 2.46 bits per heavy atom. The van der Waals surface area contributed by atoms with E-state index in [9.17, 15) is 0 Å². The van der Waals surface area contributed by atoms with Crippen LogP contribution in [0.5, 0.6) is 11.5 Å². The van der Waals surface area contributed by atoms with Gasteiger partial charge < -0.3 is 34.7 Å². The quantitative estimate of drug-likeness (QED) is 0.242. The average molecular weight is 416 g/mol. The zero-order valence-electron chi connectivity index (χ0n) is 13.1. The minimum atomic E-state index is 0. The van der Waals surface area contributed by atoms with Crippen LogP contribution in [-0.4, -0.2) is 43.1 Å². The van der Waals surface area contributed by atoms with E-state index in [-0.39, 0.29) is 36.6 Å². The van der Waals surface area contributed by atoms with Gasteiger partial charge in [-0.25, -0.2) is 0 Å². The smallest absolute Gasteiger partial charge is 0.741 e. The number of fused-ring (bicyclic) bond motifs is 1. The summed E-state index contributed by atoms with van der Waals surface area (Å²) in [5.41, 5.74) is 6.51. The summed E-state index contributed by atoms with van der Waals surface area (Å²) in [5, 5.41) is 8.69. The molecule has 0 fully saturated rings. The van der Waals surface area contributed by atoms with Crippen LogP contribution in [0, 0.1) is 0 Å². The standard InChI is InChI=1S/C13H16N6O2S2.Zn/c1-14-12(22)18-16-6-9(17-19-13(23)15-2)8-3-4-10-11(5-8)21-7-20-10;/h3-6H,7H2,1-2H3,(H2,14,18,22)(H2,15,19,23);/q;+2/p-2/b16-6+,17-9-;. The molecule has 1 heterocycles. The number of benzene rings is 1. The predicted octanol–water partition coefficient (Wildman–Crippen LogP) is 0.347. The van der Waals surface area contributed by atoms with Crippen LogP contribution in [0.15, 0.2) is 38.4 Å². The van der Waals surface area contributed by atoms with Crippen molar-refractivity contribution in [2.24, 2.45) is 20.2 Å². The largest absolute Gasteiger partial charge is 2.00 e. The predicted molar refractivity (Wildman–Crippen MR) is 95.3 cm³/mol. The summed E-state index contributed by atoms with van der Waals surface area (Å²) in [7, 11) is 3.14. The summed E-state index contributed by atoms with van der Waals surface area (Å²) < 4.78 is 10.6. The second kappa shape index (κ2) is 10.1. The number of nitrogens with zero attached hydrogens (tertiary/aromatic N) is 4. The Bertz CT molecular complexity index is 693. The molecule has 8 nitrogen and oxygen atoms in total. The number of nitrogens with one attached hydrogen (secondary N) is 2. The first-order valence-corrected chi connectivity index (χ1v) is 7.26. The Balaban J connectivity index is 0.00000288. The van der Waals surface area contributed by atoms with Crippen molar-refractivity contribution in [3.05, 3.63) is 23.8 Å². The van der Waals surface area contributed by atoms with Crippen LogP contribution in [0.25, 0.3) is 0 Å². The summed E-state index contributed by atoms with van der Waals surface area (Å²) in [5.74, 6) is 1.32. The fourth-order valence-corrected chi connectivity index (χ4v) is 1.68. The first kappa shape index (κ1) is 20.2. The maximum atomic E-state index is 5.36. The molecule has 0 radical (unpaired) electrons. The van der Waals surface area contributed by atoms with Gasteiger partial charge >= 0.3 is 19.5 Å². The Kier molecular flexibility index (Phi) is 8.52. The maximum Gasteiger partial charge on any atom is 2.00 e. The van der Waals surface area contributed by atoms with Gasteiger partial charge in [-0.15, -0.1) is 0 Å². The summed E-state index contributed by atoms with van der Waals surface area (Å²) in [6, 6.07) is 5.42. The van der Waals surface area contributed by atoms with Crippen molar-refractivity contribution in [2.75, 3.05) is 20.9 Å². The van der Waals surface area contributed by atoms with Gasteiger partial charge in [-0.05, 0) is 28.5 Å². The van der Waals surface area contributed by atoms with E-state index in [1.165, 1.54) is 6.21 Å². The van der Waals surface area contributed by atoms with Crippen molar-refractivity contribution >= 4 is 47.5 Å². The van der Waals surface area contributed by atoms with Gasteiger partial charge in [0, 0.05) is 19.7 Å². The third-order valence-electron chi connectivity index (χ3n) is 2.69. The first-order valence-electron chi connectivity index (χ1n) is 6.44. The van der Waals surface area contributed by atoms with E-state index in [1.807, 2.05) is 6.07 Å². The fraction of sp³-hybridized carbons (Fsp3) is 0.231. The molecule has 1 aliphatic heterocycles. The molecule has 2 N–H and O–H groups in total. The molecule has 24 heavy (non-hydrogen) atoms. The topological polar surface area (TPSA) is 92.0 Å². The molecule has 0 atom stereocenters. The molecule has 122 valence electrons. The molecule has 0 saturated carbocycles. The van der Waals surface area contributed by atoms with Gasteiger partial charge in [0.05, 0.1) is 6.21 Å². The van der Waals surface area contributed by atoms with E-state index in [0.29, 0.717) is 17.2 Å². The van der Waals surface area contributed by atoms with Gasteiger partial charge in [0.25, 0.3) is 0 Å². The van der Waals surface area contributed by atoms with Crippen LogP contribution < -0.4 is 20.3 Å². The zero-order chi connectivity index (χ0) is 16.7. The zero-order valence-corrected chi connectivity index (χ0v) is 17.7. The minimum Gasteiger partial charge on any atom is -0.741 e. The molecule has 1 aromatic carbocycles. The van der Waals surface area contributed by atoms with Crippen molar-refractivity contribution in [3.8, 4) is 11.5 Å². The molecule has 1 aliphatic rings. The van der Waals surface area contributed by atoms with Crippen molar-refractivity contribution in [3.63, 3.8) is 0 Å². The second-order valence-corrected chi connectivity index (χ2v) is 4.88. The summed E-state index contributed by atoms with van der Waals surface area (Å²) in [6.45, 7) is 0.199. The molecule has 0 aliphatic carbocycles. The van der Waals surface area contributed by atoms with Gasteiger partial charge in [-0.1, -0.05) is 0 Å². The van der Waals surface area contributed by atoms with Gasteiger partial charge in [0.15, 0.2) is 11.5 Å². The van der Waals surface area contributed by atoms with Crippen LogP contribution in [0.2, 0.25) is 0 Å². The Hall–Kier alpha value is -1.84. The van der Waals surface area contributed by atoms with Crippen LogP contribution in [0.1, 0.15) is 5.56 Å². The molecular weight excluding hydrogens is 402 g/mol. The van der Waals surface area contributed by atoms with Crippen molar-refractivity contribution in [1.29, 1.82) is 0 Å². The van der Waals surface area contributed by atoms with Crippen LogP contribution in [-0.2, 0) is 44.7 Å². The second-order valence-electron chi connectivity index (χ2n) is 4.10. The third-order valence-corrected chi connectivity index (χ3v) is 3.24. The molecule has 0 amide bonds. The molecule has 1 aromatic rings. The summed E-state index contributed by atoms with van der Waals surface area (Å²) in [4.78, 5) is 7.58. The molecule has 2 rings (SSSR count).